The Morgan fingerprint density at radius 1 is 0.475 bits per heavy atom. The summed E-state index contributed by atoms with van der Waals surface area (Å²) in [5.74, 6) is 1.38. The zero-order chi connectivity index (χ0) is 40.0. The summed E-state index contributed by atoms with van der Waals surface area (Å²) < 4.78 is 8.18. The SMILES string of the molecule is Cc1cc(N(c2ccccc2)c2ccc3ccc4cccc5ccc2c3c45)n(C(=O)OC(C)(C)C)c1N(c1ccccc1)c1ccc2ccc3cccc4ccc1c2c34. The minimum atomic E-state index is -0.765. The van der Waals surface area contributed by atoms with Gasteiger partial charge in [0.2, 0.25) is 0 Å². The molecule has 0 atom stereocenters. The predicted molar refractivity (Wildman–Crippen MR) is 248 cm³/mol. The number of aromatic nitrogens is 1. The van der Waals surface area contributed by atoms with E-state index in [-0.39, 0.29) is 0 Å². The van der Waals surface area contributed by atoms with Crippen LogP contribution in [0.4, 0.5) is 39.2 Å². The van der Waals surface area contributed by atoms with Gasteiger partial charge in [-0.15, -0.1) is 0 Å². The van der Waals surface area contributed by atoms with E-state index in [2.05, 4.69) is 168 Å². The van der Waals surface area contributed by atoms with Crippen molar-refractivity contribution in [1.82, 2.24) is 4.57 Å². The molecular formula is C54H41N3O2. The molecule has 0 aliphatic carbocycles. The molecule has 11 rings (SSSR count). The van der Waals surface area contributed by atoms with Crippen LogP contribution in [0.15, 0.2) is 176 Å². The van der Waals surface area contributed by atoms with Crippen LogP contribution in [0.3, 0.4) is 0 Å². The fourth-order valence-corrected chi connectivity index (χ4v) is 9.29. The largest absolute Gasteiger partial charge is 0.443 e. The molecule has 0 bridgehead atoms. The molecule has 0 fully saturated rings. The van der Waals surface area contributed by atoms with Gasteiger partial charge in [0, 0.05) is 22.1 Å². The van der Waals surface area contributed by atoms with E-state index < -0.39 is 11.7 Å². The van der Waals surface area contributed by atoms with Crippen LogP contribution < -0.4 is 9.80 Å². The van der Waals surface area contributed by atoms with Gasteiger partial charge in [0.1, 0.15) is 17.2 Å². The standard InChI is InChI=1S/C54H41N3O2/c1-34-33-47(55(41-17-7-5-8-18-41)45-31-27-39-23-21-35-13-11-15-37-25-29-43(45)50(39)48(35)37)57(53(58)59-54(2,3)4)52(34)56(42-19-9-6-10-20-42)46-32-28-40-24-22-36-14-12-16-38-26-30-44(46)51(40)49(36)38/h5-33H,1-4H3. The van der Waals surface area contributed by atoms with Crippen LogP contribution in [0.25, 0.3) is 64.6 Å². The van der Waals surface area contributed by atoms with Crippen LogP contribution >= 0.6 is 0 Å². The summed E-state index contributed by atoms with van der Waals surface area (Å²) in [5, 5.41) is 14.2. The molecule has 0 spiro atoms. The zero-order valence-corrected chi connectivity index (χ0v) is 33.4. The molecule has 0 amide bonds. The van der Waals surface area contributed by atoms with Crippen LogP contribution in [0.2, 0.25) is 0 Å². The minimum absolute atomic E-state index is 0.465. The lowest BCUT2D eigenvalue weighted by atomic mass is 9.93. The van der Waals surface area contributed by atoms with Gasteiger partial charge in [0.05, 0.1) is 11.4 Å². The fourth-order valence-electron chi connectivity index (χ4n) is 9.29. The first-order chi connectivity index (χ1) is 28.7. The summed E-state index contributed by atoms with van der Waals surface area (Å²) in [5.41, 5.74) is 3.93. The average Bonchev–Trinajstić information content (AvgIpc) is 3.58. The van der Waals surface area contributed by atoms with E-state index in [0.29, 0.717) is 11.6 Å². The summed E-state index contributed by atoms with van der Waals surface area (Å²) in [6.45, 7) is 7.87. The lowest BCUT2D eigenvalue weighted by Gasteiger charge is -2.32. The van der Waals surface area contributed by atoms with Crippen LogP contribution in [-0.4, -0.2) is 16.3 Å². The van der Waals surface area contributed by atoms with E-state index in [1.807, 2.05) is 45.0 Å². The highest BCUT2D eigenvalue weighted by Gasteiger charge is 2.33. The normalized spacial score (nSPS) is 12.1. The fraction of sp³-hybridized carbons (Fsp3) is 0.0926. The second-order valence-electron chi connectivity index (χ2n) is 16.5. The molecule has 0 saturated carbocycles. The third kappa shape index (κ3) is 5.49. The number of rotatable bonds is 6. The first kappa shape index (κ1) is 34.8. The lowest BCUT2D eigenvalue weighted by molar-refractivity contribution is 0.0543. The van der Waals surface area contributed by atoms with Gasteiger partial charge >= 0.3 is 6.09 Å². The van der Waals surface area contributed by atoms with Gasteiger partial charge in [-0.1, -0.05) is 133 Å². The second-order valence-corrected chi connectivity index (χ2v) is 16.5. The van der Waals surface area contributed by atoms with Crippen molar-refractivity contribution in [3.63, 3.8) is 0 Å². The Kier molecular flexibility index (Phi) is 7.73. The Morgan fingerprint density at radius 2 is 0.881 bits per heavy atom. The molecule has 0 unspecified atom stereocenters. The highest BCUT2D eigenvalue weighted by Crippen LogP contribution is 2.50. The van der Waals surface area contributed by atoms with Gasteiger partial charge in [-0.3, -0.25) is 9.80 Å². The van der Waals surface area contributed by atoms with E-state index in [1.165, 1.54) is 53.9 Å². The van der Waals surface area contributed by atoms with Gasteiger partial charge in [-0.25, -0.2) is 9.36 Å². The van der Waals surface area contributed by atoms with Crippen molar-refractivity contribution in [3.05, 3.63) is 181 Å². The van der Waals surface area contributed by atoms with E-state index in [0.717, 1.165) is 39.1 Å². The van der Waals surface area contributed by atoms with Crippen molar-refractivity contribution in [2.24, 2.45) is 0 Å². The molecule has 5 nitrogen and oxygen atoms in total. The molecule has 1 aromatic heterocycles. The Bertz CT molecular complexity index is 3350. The summed E-state index contributed by atoms with van der Waals surface area (Å²) in [6.07, 6.45) is -0.465. The molecule has 0 aliphatic rings. The first-order valence-electron chi connectivity index (χ1n) is 20.2. The average molecular weight is 764 g/mol. The van der Waals surface area contributed by atoms with E-state index in [4.69, 9.17) is 4.74 Å². The van der Waals surface area contributed by atoms with E-state index in [1.54, 1.807) is 4.57 Å². The summed E-state index contributed by atoms with van der Waals surface area (Å²) >= 11 is 0. The third-order valence-corrected chi connectivity index (χ3v) is 11.7. The van der Waals surface area contributed by atoms with Gasteiger partial charge in [0.25, 0.3) is 0 Å². The number of nitrogens with zero attached hydrogens (tertiary/aromatic N) is 3. The third-order valence-electron chi connectivity index (χ3n) is 11.7. The molecular weight excluding hydrogens is 723 g/mol. The quantitative estimate of drug-likeness (QED) is 0.158. The zero-order valence-electron chi connectivity index (χ0n) is 33.4. The van der Waals surface area contributed by atoms with Crippen LogP contribution in [0.5, 0.6) is 0 Å². The van der Waals surface area contributed by atoms with Crippen molar-refractivity contribution in [1.29, 1.82) is 0 Å². The first-order valence-corrected chi connectivity index (χ1v) is 20.2. The van der Waals surface area contributed by atoms with Crippen LogP contribution in [0.1, 0.15) is 26.3 Å². The Balaban J connectivity index is 1.23. The van der Waals surface area contributed by atoms with Gasteiger partial charge in [-0.2, -0.15) is 0 Å². The minimum Gasteiger partial charge on any atom is -0.443 e. The Morgan fingerprint density at radius 3 is 1.36 bits per heavy atom. The molecule has 10 aromatic carbocycles. The van der Waals surface area contributed by atoms with E-state index >= 15 is 4.79 Å². The molecule has 284 valence electrons. The van der Waals surface area contributed by atoms with Crippen molar-refractivity contribution >= 4 is 105 Å². The number of para-hydroxylation sites is 2. The number of benzene rings is 10. The molecule has 5 heteroatoms. The number of carbonyl (C=O) groups excluding carboxylic acids is 1. The maximum atomic E-state index is 15.2. The van der Waals surface area contributed by atoms with Crippen LogP contribution in [0, 0.1) is 6.92 Å². The van der Waals surface area contributed by atoms with Crippen molar-refractivity contribution in [3.8, 4) is 0 Å². The Labute approximate surface area is 342 Å². The number of aryl methyl sites for hydroxylation is 1. The van der Waals surface area contributed by atoms with E-state index in [9.17, 15) is 0 Å². The maximum Gasteiger partial charge on any atom is 0.421 e. The lowest BCUT2D eigenvalue weighted by Crippen LogP contribution is -2.30. The van der Waals surface area contributed by atoms with Gasteiger partial charge in [-0.05, 0) is 130 Å². The number of ether oxygens (including phenoxy) is 1. The summed E-state index contributed by atoms with van der Waals surface area (Å²) in [4.78, 5) is 19.7. The number of hydrogen-bond donors (Lipinski definition) is 0. The van der Waals surface area contributed by atoms with Crippen molar-refractivity contribution in [2.45, 2.75) is 33.3 Å². The monoisotopic (exact) mass is 763 g/mol. The van der Waals surface area contributed by atoms with Gasteiger partial charge in [0.15, 0.2) is 0 Å². The molecule has 11 aromatic rings. The highest BCUT2D eigenvalue weighted by molar-refractivity contribution is 6.27. The molecule has 0 aliphatic heterocycles. The summed E-state index contributed by atoms with van der Waals surface area (Å²) in [6, 6.07) is 62.3. The summed E-state index contributed by atoms with van der Waals surface area (Å²) in [7, 11) is 0. The van der Waals surface area contributed by atoms with Crippen molar-refractivity contribution < 1.29 is 9.53 Å². The smallest absolute Gasteiger partial charge is 0.421 e. The highest BCUT2D eigenvalue weighted by atomic mass is 16.6. The van der Waals surface area contributed by atoms with Crippen molar-refractivity contribution in [2.75, 3.05) is 9.80 Å². The molecule has 0 N–H and O–H groups in total. The predicted octanol–water partition coefficient (Wildman–Crippen LogP) is 15.3. The molecule has 0 radical (unpaired) electrons. The number of anilines is 6. The number of carbonyl (C=O) groups is 1. The van der Waals surface area contributed by atoms with Crippen LogP contribution in [-0.2, 0) is 4.74 Å². The van der Waals surface area contributed by atoms with Gasteiger partial charge < -0.3 is 4.74 Å². The Hall–Kier alpha value is -7.37. The topological polar surface area (TPSA) is 37.7 Å². The maximum absolute atomic E-state index is 15.2. The number of hydrogen-bond acceptors (Lipinski definition) is 4. The molecule has 1 heterocycles. The molecule has 59 heavy (non-hydrogen) atoms. The second kappa shape index (κ2) is 13.1. The molecule has 0 saturated heterocycles.